The van der Waals surface area contributed by atoms with Gasteiger partial charge >= 0.3 is 0 Å². The molecule has 0 aromatic heterocycles. The highest BCUT2D eigenvalue weighted by Crippen LogP contribution is 2.50. The van der Waals surface area contributed by atoms with Crippen LogP contribution >= 0.6 is 11.6 Å². The van der Waals surface area contributed by atoms with Crippen molar-refractivity contribution in [2.45, 2.75) is 56.6 Å². The van der Waals surface area contributed by atoms with E-state index in [2.05, 4.69) is 0 Å². The van der Waals surface area contributed by atoms with E-state index in [0.717, 1.165) is 32.1 Å². The molecule has 0 spiro atoms. The molecule has 5 N–H and O–H groups in total. The molecule has 2 heterocycles. The number of aliphatic hydroxyl groups excluding tert-OH is 2. The third kappa shape index (κ3) is 3.51. The standard InChI is InChI=1S/C19H27ClFN3O3/c20-15-16-12(18(25)13(19(26)27)9-24(16)11-4-5-11)7-14(21)17(15)23-6-2-1-3-10(22)8-23/h7,10-11,13,18-19,25-27H,1-6,8-9,22H2/t10-,13?,18?/m1/s1. The van der Waals surface area contributed by atoms with Crippen molar-refractivity contribution in [1.29, 1.82) is 0 Å². The average Bonchev–Trinajstić information content (AvgIpc) is 3.44. The number of nitrogens with two attached hydrogens (primary N) is 1. The van der Waals surface area contributed by atoms with Crippen LogP contribution in [0.3, 0.4) is 0 Å². The molecule has 6 nitrogen and oxygen atoms in total. The maximum Gasteiger partial charge on any atom is 0.158 e. The number of fused-ring (bicyclic) bond motifs is 1. The van der Waals surface area contributed by atoms with Crippen molar-refractivity contribution in [3.63, 3.8) is 0 Å². The lowest BCUT2D eigenvalue weighted by molar-refractivity contribution is -0.118. The van der Waals surface area contributed by atoms with E-state index >= 15 is 4.39 Å². The fraction of sp³-hybridized carbons (Fsp3) is 0.684. The lowest BCUT2D eigenvalue weighted by Gasteiger charge is -2.41. The highest BCUT2D eigenvalue weighted by molar-refractivity contribution is 6.36. The number of aliphatic hydroxyl groups is 3. The Labute approximate surface area is 163 Å². The number of anilines is 2. The molecule has 2 fully saturated rings. The van der Waals surface area contributed by atoms with Crippen molar-refractivity contribution in [3.05, 3.63) is 22.5 Å². The van der Waals surface area contributed by atoms with Crippen LogP contribution in [0.25, 0.3) is 0 Å². The first-order chi connectivity index (χ1) is 12.9. The SMILES string of the molecule is N[C@@H]1CCCCN(c2c(F)cc3c(c2Cl)N(C2CC2)CC(C(O)O)C3O)C1. The molecule has 1 aromatic rings. The molecular formula is C19H27ClFN3O3. The second kappa shape index (κ2) is 7.37. The number of nitrogens with zero attached hydrogens (tertiary/aromatic N) is 2. The first kappa shape index (κ1) is 19.2. The average molecular weight is 400 g/mol. The Morgan fingerprint density at radius 1 is 1.15 bits per heavy atom. The zero-order valence-electron chi connectivity index (χ0n) is 15.2. The van der Waals surface area contributed by atoms with Crippen LogP contribution in [0.4, 0.5) is 15.8 Å². The summed E-state index contributed by atoms with van der Waals surface area (Å²) < 4.78 is 15.1. The van der Waals surface area contributed by atoms with Gasteiger partial charge in [0.25, 0.3) is 0 Å². The Morgan fingerprint density at radius 3 is 2.56 bits per heavy atom. The Kier molecular flexibility index (Phi) is 5.24. The summed E-state index contributed by atoms with van der Waals surface area (Å²) >= 11 is 6.73. The van der Waals surface area contributed by atoms with Gasteiger partial charge in [-0.1, -0.05) is 18.0 Å². The van der Waals surface area contributed by atoms with Gasteiger partial charge in [-0.2, -0.15) is 0 Å². The lowest BCUT2D eigenvalue weighted by atomic mass is 9.88. The molecule has 4 rings (SSSR count). The number of rotatable bonds is 3. The summed E-state index contributed by atoms with van der Waals surface area (Å²) in [5.41, 5.74) is 7.44. The summed E-state index contributed by atoms with van der Waals surface area (Å²) in [6, 6.07) is 1.51. The van der Waals surface area contributed by atoms with Gasteiger partial charge in [-0.05, 0) is 31.7 Å². The highest BCUT2D eigenvalue weighted by atomic mass is 35.5. The van der Waals surface area contributed by atoms with Crippen molar-refractivity contribution in [1.82, 2.24) is 0 Å². The molecule has 2 unspecified atom stereocenters. The second-order valence-electron chi connectivity index (χ2n) is 8.07. The van der Waals surface area contributed by atoms with Crippen LogP contribution in [0, 0.1) is 11.7 Å². The van der Waals surface area contributed by atoms with Crippen molar-refractivity contribution < 1.29 is 19.7 Å². The minimum absolute atomic E-state index is 0.0296. The largest absolute Gasteiger partial charge is 0.388 e. The van der Waals surface area contributed by atoms with Crippen molar-refractivity contribution >= 4 is 23.0 Å². The summed E-state index contributed by atoms with van der Waals surface area (Å²) in [7, 11) is 0. The van der Waals surface area contributed by atoms with E-state index in [1.807, 2.05) is 9.80 Å². The molecule has 0 amide bonds. The molecule has 1 aliphatic carbocycles. The van der Waals surface area contributed by atoms with Gasteiger partial charge in [0.1, 0.15) is 5.82 Å². The molecule has 0 radical (unpaired) electrons. The maximum atomic E-state index is 15.1. The summed E-state index contributed by atoms with van der Waals surface area (Å²) in [6.07, 6.45) is 1.92. The highest BCUT2D eigenvalue weighted by Gasteiger charge is 2.43. The fourth-order valence-electron chi connectivity index (χ4n) is 4.43. The minimum atomic E-state index is -1.68. The molecule has 0 bridgehead atoms. The van der Waals surface area contributed by atoms with Crippen LogP contribution in [0.2, 0.25) is 5.02 Å². The zero-order chi connectivity index (χ0) is 19.3. The Balaban J connectivity index is 1.80. The third-order valence-electron chi connectivity index (χ3n) is 6.01. The number of hydrogen-bond donors (Lipinski definition) is 4. The van der Waals surface area contributed by atoms with Gasteiger partial charge < -0.3 is 30.9 Å². The van der Waals surface area contributed by atoms with Gasteiger partial charge in [-0.3, -0.25) is 0 Å². The Morgan fingerprint density at radius 2 is 1.89 bits per heavy atom. The van der Waals surface area contributed by atoms with Crippen molar-refractivity contribution in [2.24, 2.45) is 11.7 Å². The molecule has 3 atom stereocenters. The normalized spacial score (nSPS) is 29.1. The van der Waals surface area contributed by atoms with Gasteiger partial charge in [-0.15, -0.1) is 0 Å². The second-order valence-corrected chi connectivity index (χ2v) is 8.44. The van der Waals surface area contributed by atoms with E-state index in [1.54, 1.807) is 0 Å². The zero-order valence-corrected chi connectivity index (χ0v) is 15.9. The van der Waals surface area contributed by atoms with Crippen LogP contribution in [-0.2, 0) is 0 Å². The minimum Gasteiger partial charge on any atom is -0.388 e. The Hall–Kier alpha value is -1.12. The molecule has 1 saturated carbocycles. The van der Waals surface area contributed by atoms with Gasteiger partial charge in [0.2, 0.25) is 0 Å². The van der Waals surface area contributed by atoms with E-state index < -0.39 is 24.1 Å². The Bertz CT molecular complexity index is 716. The first-order valence-electron chi connectivity index (χ1n) is 9.71. The van der Waals surface area contributed by atoms with E-state index in [-0.39, 0.29) is 23.7 Å². The van der Waals surface area contributed by atoms with Crippen LogP contribution in [0.1, 0.15) is 43.8 Å². The topological polar surface area (TPSA) is 93.2 Å². The molecule has 150 valence electrons. The third-order valence-corrected chi connectivity index (χ3v) is 6.37. The molecule has 8 heteroatoms. The lowest BCUT2D eigenvalue weighted by Crippen LogP contribution is -2.45. The van der Waals surface area contributed by atoms with Crippen LogP contribution in [0.5, 0.6) is 0 Å². The van der Waals surface area contributed by atoms with Gasteiger partial charge in [0.05, 0.1) is 28.4 Å². The summed E-state index contributed by atoms with van der Waals surface area (Å²) in [4.78, 5) is 3.93. The van der Waals surface area contributed by atoms with E-state index in [9.17, 15) is 15.3 Å². The quantitative estimate of drug-likeness (QED) is 0.578. The smallest absolute Gasteiger partial charge is 0.158 e. The van der Waals surface area contributed by atoms with Crippen LogP contribution < -0.4 is 15.5 Å². The predicted molar refractivity (Wildman–Crippen MR) is 102 cm³/mol. The van der Waals surface area contributed by atoms with Crippen LogP contribution in [-0.4, -0.2) is 53.3 Å². The fourth-order valence-corrected chi connectivity index (χ4v) is 4.85. The maximum absolute atomic E-state index is 15.1. The number of benzene rings is 1. The molecule has 2 aliphatic heterocycles. The first-order valence-corrected chi connectivity index (χ1v) is 10.1. The van der Waals surface area contributed by atoms with E-state index in [4.69, 9.17) is 17.3 Å². The predicted octanol–water partition coefficient (Wildman–Crippen LogP) is 1.74. The van der Waals surface area contributed by atoms with Gasteiger partial charge in [0, 0.05) is 37.3 Å². The number of hydrogen-bond acceptors (Lipinski definition) is 6. The molecule has 27 heavy (non-hydrogen) atoms. The van der Waals surface area contributed by atoms with Gasteiger partial charge in [-0.25, -0.2) is 4.39 Å². The summed E-state index contributed by atoms with van der Waals surface area (Å²) in [6.45, 7) is 1.51. The van der Waals surface area contributed by atoms with Crippen molar-refractivity contribution in [3.8, 4) is 0 Å². The van der Waals surface area contributed by atoms with Crippen LogP contribution in [0.15, 0.2) is 6.07 Å². The van der Waals surface area contributed by atoms with E-state index in [1.165, 1.54) is 6.07 Å². The number of halogens is 2. The van der Waals surface area contributed by atoms with Crippen molar-refractivity contribution in [2.75, 3.05) is 29.4 Å². The molecule has 1 aromatic carbocycles. The summed E-state index contributed by atoms with van der Waals surface area (Å²) in [5, 5.41) is 30.3. The van der Waals surface area contributed by atoms with E-state index in [0.29, 0.717) is 30.0 Å². The molecule has 3 aliphatic rings. The molecule has 1 saturated heterocycles. The monoisotopic (exact) mass is 399 g/mol. The summed E-state index contributed by atoms with van der Waals surface area (Å²) in [5.74, 6) is -1.30. The molecular weight excluding hydrogens is 373 g/mol. The van der Waals surface area contributed by atoms with Gasteiger partial charge in [0.15, 0.2) is 6.29 Å².